The molecule has 0 saturated carbocycles. The summed E-state index contributed by atoms with van der Waals surface area (Å²) in [6, 6.07) is 10.6. The summed E-state index contributed by atoms with van der Waals surface area (Å²) in [5.74, 6) is 1.51. The van der Waals surface area contributed by atoms with E-state index in [4.69, 9.17) is 9.47 Å². The summed E-state index contributed by atoms with van der Waals surface area (Å²) in [6.07, 6.45) is 0.566. The first kappa shape index (κ1) is 16.8. The van der Waals surface area contributed by atoms with Crippen molar-refractivity contribution in [1.29, 1.82) is 0 Å². The molecule has 1 atom stereocenters. The Balaban J connectivity index is 1.81. The Morgan fingerprint density at radius 1 is 1.12 bits per heavy atom. The minimum Gasteiger partial charge on any atom is -0.497 e. The van der Waals surface area contributed by atoms with Crippen molar-refractivity contribution in [3.05, 3.63) is 53.1 Å². The van der Waals surface area contributed by atoms with E-state index in [1.807, 2.05) is 38.1 Å². The molecule has 6 heteroatoms. The Labute approximate surface area is 142 Å². The van der Waals surface area contributed by atoms with Gasteiger partial charge in [-0.05, 0) is 67.3 Å². The predicted molar refractivity (Wildman–Crippen MR) is 92.2 cm³/mol. The van der Waals surface area contributed by atoms with Crippen LogP contribution in [-0.4, -0.2) is 28.2 Å². The minimum atomic E-state index is -3.58. The van der Waals surface area contributed by atoms with Crippen molar-refractivity contribution >= 4 is 10.0 Å². The normalized spacial score (nSPS) is 17.0. The average Bonchev–Trinajstić information content (AvgIpc) is 2.53. The second kappa shape index (κ2) is 6.45. The third-order valence-electron chi connectivity index (χ3n) is 4.00. The fourth-order valence-corrected chi connectivity index (χ4v) is 4.36. The van der Waals surface area contributed by atoms with Gasteiger partial charge in [-0.3, -0.25) is 0 Å². The molecule has 0 aromatic heterocycles. The number of rotatable bonds is 4. The van der Waals surface area contributed by atoms with E-state index in [-0.39, 0.29) is 10.9 Å². The lowest BCUT2D eigenvalue weighted by Crippen LogP contribution is -2.42. The summed E-state index contributed by atoms with van der Waals surface area (Å²) < 4.78 is 38.9. The van der Waals surface area contributed by atoms with Gasteiger partial charge in [0.05, 0.1) is 18.0 Å². The van der Waals surface area contributed by atoms with Gasteiger partial charge >= 0.3 is 0 Å². The molecule has 0 saturated heterocycles. The second-order valence-electron chi connectivity index (χ2n) is 6.13. The molecule has 5 nitrogen and oxygen atoms in total. The zero-order chi connectivity index (χ0) is 17.3. The number of hydrogen-bond donors (Lipinski definition) is 1. The van der Waals surface area contributed by atoms with E-state index in [1.54, 1.807) is 19.2 Å². The van der Waals surface area contributed by atoms with E-state index >= 15 is 0 Å². The van der Waals surface area contributed by atoms with Gasteiger partial charge in [-0.2, -0.15) is 0 Å². The fraction of sp³-hybridized carbons (Fsp3) is 0.333. The summed E-state index contributed by atoms with van der Waals surface area (Å²) >= 11 is 0. The highest BCUT2D eigenvalue weighted by Crippen LogP contribution is 2.29. The molecule has 3 rings (SSSR count). The van der Waals surface area contributed by atoms with Crippen LogP contribution in [0.5, 0.6) is 11.5 Å². The lowest BCUT2D eigenvalue weighted by molar-refractivity contribution is 0.253. The van der Waals surface area contributed by atoms with Crippen LogP contribution in [0.4, 0.5) is 0 Å². The van der Waals surface area contributed by atoms with Crippen LogP contribution in [0.25, 0.3) is 0 Å². The first-order chi connectivity index (χ1) is 11.4. The first-order valence-corrected chi connectivity index (χ1v) is 9.26. The molecule has 0 fully saturated rings. The number of fused-ring (bicyclic) bond motifs is 1. The second-order valence-corrected chi connectivity index (χ2v) is 7.84. The number of aryl methyl sites for hydroxylation is 2. The van der Waals surface area contributed by atoms with Crippen LogP contribution in [0.3, 0.4) is 0 Å². The smallest absolute Gasteiger partial charge is 0.240 e. The summed E-state index contributed by atoms with van der Waals surface area (Å²) in [6.45, 7) is 4.08. The maximum Gasteiger partial charge on any atom is 0.240 e. The molecule has 0 aliphatic carbocycles. The van der Waals surface area contributed by atoms with Crippen LogP contribution in [0.2, 0.25) is 0 Å². The van der Waals surface area contributed by atoms with Crippen LogP contribution < -0.4 is 14.2 Å². The number of sulfonamides is 1. The Kier molecular flexibility index (Phi) is 4.51. The maximum atomic E-state index is 12.6. The van der Waals surface area contributed by atoms with Gasteiger partial charge in [0.1, 0.15) is 18.1 Å². The molecule has 0 unspecified atom stereocenters. The molecular formula is C18H21NO4S. The predicted octanol–water partition coefficient (Wildman–Crippen LogP) is 2.59. The van der Waals surface area contributed by atoms with E-state index in [1.165, 1.54) is 0 Å². The SMILES string of the molecule is COc1ccc2c(c1)C[C@H](NS(=O)(=O)c1cc(C)cc(C)c1)CO2. The van der Waals surface area contributed by atoms with Gasteiger partial charge in [0.15, 0.2) is 0 Å². The molecular weight excluding hydrogens is 326 g/mol. The van der Waals surface area contributed by atoms with Gasteiger partial charge in [0.2, 0.25) is 10.0 Å². The van der Waals surface area contributed by atoms with Gasteiger partial charge in [-0.1, -0.05) is 6.07 Å². The van der Waals surface area contributed by atoms with Crippen LogP contribution in [0.1, 0.15) is 16.7 Å². The zero-order valence-electron chi connectivity index (χ0n) is 14.0. The molecule has 2 aromatic rings. The minimum absolute atomic E-state index is 0.288. The Morgan fingerprint density at radius 3 is 2.50 bits per heavy atom. The summed E-state index contributed by atoms with van der Waals surface area (Å²) in [7, 11) is -1.98. The zero-order valence-corrected chi connectivity index (χ0v) is 14.8. The number of benzene rings is 2. The Morgan fingerprint density at radius 2 is 1.83 bits per heavy atom. The largest absolute Gasteiger partial charge is 0.497 e. The van der Waals surface area contributed by atoms with Crippen molar-refractivity contribution in [1.82, 2.24) is 4.72 Å². The third kappa shape index (κ3) is 3.55. The standard InChI is InChI=1S/C18H21NO4S/c1-12-6-13(2)8-17(7-12)24(20,21)19-15-9-14-10-16(22-3)4-5-18(14)23-11-15/h4-8,10,15,19H,9,11H2,1-3H3/t15-/m0/s1. The van der Waals surface area contributed by atoms with Crippen LogP contribution >= 0.6 is 0 Å². The van der Waals surface area contributed by atoms with E-state index < -0.39 is 10.0 Å². The fourth-order valence-electron chi connectivity index (χ4n) is 2.95. The van der Waals surface area contributed by atoms with Gasteiger partial charge in [0, 0.05) is 0 Å². The van der Waals surface area contributed by atoms with Gasteiger partial charge in [0.25, 0.3) is 0 Å². The number of ether oxygens (including phenoxy) is 2. The first-order valence-electron chi connectivity index (χ1n) is 7.78. The van der Waals surface area contributed by atoms with Gasteiger partial charge in [-0.15, -0.1) is 0 Å². The lowest BCUT2D eigenvalue weighted by Gasteiger charge is -2.26. The molecule has 0 radical (unpaired) electrons. The molecule has 2 aromatic carbocycles. The monoisotopic (exact) mass is 347 g/mol. The Hall–Kier alpha value is -2.05. The molecule has 0 amide bonds. The van der Waals surface area contributed by atoms with Crippen LogP contribution in [0.15, 0.2) is 41.3 Å². The summed E-state index contributed by atoms with van der Waals surface area (Å²) in [5, 5.41) is 0. The van der Waals surface area contributed by atoms with E-state index in [2.05, 4.69) is 4.72 Å². The van der Waals surface area contributed by atoms with Crippen molar-refractivity contribution in [3.8, 4) is 11.5 Å². The number of nitrogens with one attached hydrogen (secondary N) is 1. The third-order valence-corrected chi connectivity index (χ3v) is 5.50. The number of hydrogen-bond acceptors (Lipinski definition) is 4. The van der Waals surface area contributed by atoms with Crippen molar-refractivity contribution in [2.45, 2.75) is 31.2 Å². The molecule has 24 heavy (non-hydrogen) atoms. The maximum absolute atomic E-state index is 12.6. The van der Waals surface area contributed by atoms with E-state index in [0.717, 1.165) is 28.2 Å². The molecule has 1 aliphatic heterocycles. The highest BCUT2D eigenvalue weighted by Gasteiger charge is 2.26. The van der Waals surface area contributed by atoms with Crippen molar-refractivity contribution in [3.63, 3.8) is 0 Å². The van der Waals surface area contributed by atoms with Crippen molar-refractivity contribution in [2.24, 2.45) is 0 Å². The number of methoxy groups -OCH3 is 1. The molecule has 0 bridgehead atoms. The van der Waals surface area contributed by atoms with Crippen molar-refractivity contribution < 1.29 is 17.9 Å². The molecule has 1 heterocycles. The molecule has 1 aliphatic rings. The van der Waals surface area contributed by atoms with Crippen LogP contribution in [0, 0.1) is 13.8 Å². The lowest BCUT2D eigenvalue weighted by atomic mass is 10.0. The molecule has 1 N–H and O–H groups in total. The topological polar surface area (TPSA) is 64.6 Å². The highest BCUT2D eigenvalue weighted by molar-refractivity contribution is 7.89. The summed E-state index contributed by atoms with van der Waals surface area (Å²) in [4.78, 5) is 0.288. The molecule has 128 valence electrons. The quantitative estimate of drug-likeness (QED) is 0.923. The van der Waals surface area contributed by atoms with E-state index in [9.17, 15) is 8.42 Å². The average molecular weight is 347 g/mol. The molecule has 0 spiro atoms. The van der Waals surface area contributed by atoms with E-state index in [0.29, 0.717) is 13.0 Å². The summed E-state index contributed by atoms with van der Waals surface area (Å²) in [5.41, 5.74) is 2.78. The van der Waals surface area contributed by atoms with Crippen LogP contribution in [-0.2, 0) is 16.4 Å². The highest BCUT2D eigenvalue weighted by atomic mass is 32.2. The Bertz CT molecular complexity index is 841. The van der Waals surface area contributed by atoms with Gasteiger partial charge in [-0.25, -0.2) is 13.1 Å². The van der Waals surface area contributed by atoms with Gasteiger partial charge < -0.3 is 9.47 Å². The van der Waals surface area contributed by atoms with Crippen molar-refractivity contribution in [2.75, 3.05) is 13.7 Å².